The van der Waals surface area contributed by atoms with Gasteiger partial charge in [0.2, 0.25) is 5.91 Å². The highest BCUT2D eigenvalue weighted by molar-refractivity contribution is 6.35. The second-order valence-corrected chi connectivity index (χ2v) is 6.09. The Morgan fingerprint density at radius 2 is 1.88 bits per heavy atom. The van der Waals surface area contributed by atoms with Crippen molar-refractivity contribution in [2.45, 2.75) is 12.8 Å². The van der Waals surface area contributed by atoms with Gasteiger partial charge >= 0.3 is 5.97 Å². The molecule has 0 heterocycles. The van der Waals surface area contributed by atoms with E-state index in [-0.39, 0.29) is 17.9 Å². The highest BCUT2D eigenvalue weighted by atomic mass is 35.5. The number of nitrogens with one attached hydrogen (secondary N) is 1. The summed E-state index contributed by atoms with van der Waals surface area (Å²) in [4.78, 5) is 22.4. The first kappa shape index (κ1) is 19.8. The van der Waals surface area contributed by atoms with Gasteiger partial charge in [-0.1, -0.05) is 35.3 Å². The molecule has 136 valence electrons. The van der Waals surface area contributed by atoms with Gasteiger partial charge in [-0.3, -0.25) is 4.79 Å². The Bertz CT molecular complexity index is 807. The Kier molecular flexibility index (Phi) is 7.44. The Morgan fingerprint density at radius 3 is 2.54 bits per heavy atom. The van der Waals surface area contributed by atoms with E-state index in [0.717, 1.165) is 0 Å². The molecule has 0 atom stereocenters. The lowest BCUT2D eigenvalue weighted by molar-refractivity contribution is -0.121. The van der Waals surface area contributed by atoms with Crippen molar-refractivity contribution >= 4 is 41.3 Å². The number of hydrogen-bond acceptors (Lipinski definition) is 4. The maximum absolute atomic E-state index is 11.7. The lowest BCUT2D eigenvalue weighted by Gasteiger charge is -2.07. The quantitative estimate of drug-likeness (QED) is 0.402. The van der Waals surface area contributed by atoms with E-state index < -0.39 is 5.97 Å². The predicted octanol–water partition coefficient (Wildman–Crippen LogP) is 4.00. The Labute approximate surface area is 160 Å². The van der Waals surface area contributed by atoms with Crippen molar-refractivity contribution in [3.63, 3.8) is 0 Å². The molecule has 0 aromatic heterocycles. The largest absolute Gasteiger partial charge is 0.492 e. The van der Waals surface area contributed by atoms with Gasteiger partial charge in [-0.05, 0) is 42.3 Å². The van der Waals surface area contributed by atoms with E-state index in [4.69, 9.17) is 33.0 Å². The van der Waals surface area contributed by atoms with Gasteiger partial charge in [0.15, 0.2) is 0 Å². The summed E-state index contributed by atoms with van der Waals surface area (Å²) in [6.45, 7) is 0.329. The number of aromatic carboxylic acids is 1. The minimum absolute atomic E-state index is 0.187. The summed E-state index contributed by atoms with van der Waals surface area (Å²) in [6, 6.07) is 11.1. The molecular formula is C18H16Cl2N2O4. The van der Waals surface area contributed by atoms with E-state index in [1.54, 1.807) is 30.3 Å². The average Bonchev–Trinajstić information content (AvgIpc) is 2.60. The summed E-state index contributed by atoms with van der Waals surface area (Å²) in [7, 11) is 0. The predicted molar refractivity (Wildman–Crippen MR) is 100 cm³/mol. The molecule has 0 aliphatic rings. The summed E-state index contributed by atoms with van der Waals surface area (Å²) in [5.74, 6) is -0.739. The molecule has 2 N–H and O–H groups in total. The molecule has 2 rings (SSSR count). The van der Waals surface area contributed by atoms with Crippen LogP contribution in [0, 0.1) is 0 Å². The first-order valence-corrected chi connectivity index (χ1v) is 8.44. The number of carboxylic acid groups (broad SMARTS) is 1. The molecule has 0 aliphatic carbocycles. The number of hydrogen-bond donors (Lipinski definition) is 2. The highest BCUT2D eigenvalue weighted by Gasteiger charge is 2.04. The van der Waals surface area contributed by atoms with Crippen molar-refractivity contribution in [2.24, 2.45) is 5.10 Å². The number of carbonyl (C=O) groups is 2. The van der Waals surface area contributed by atoms with Crippen LogP contribution in [0.5, 0.6) is 5.75 Å². The molecule has 8 heteroatoms. The van der Waals surface area contributed by atoms with Gasteiger partial charge in [-0.15, -0.1) is 0 Å². The lowest BCUT2D eigenvalue weighted by Crippen LogP contribution is -2.18. The van der Waals surface area contributed by atoms with E-state index >= 15 is 0 Å². The third-order valence-corrected chi connectivity index (χ3v) is 3.79. The van der Waals surface area contributed by atoms with Crippen molar-refractivity contribution in [3.8, 4) is 5.75 Å². The maximum atomic E-state index is 11.7. The van der Waals surface area contributed by atoms with Gasteiger partial charge in [0.25, 0.3) is 0 Å². The number of nitrogens with zero attached hydrogens (tertiary/aromatic N) is 1. The highest BCUT2D eigenvalue weighted by Crippen LogP contribution is 2.27. The maximum Gasteiger partial charge on any atom is 0.335 e. The van der Waals surface area contributed by atoms with Gasteiger partial charge in [0, 0.05) is 11.4 Å². The molecule has 0 radical (unpaired) electrons. The fourth-order valence-electron chi connectivity index (χ4n) is 1.95. The van der Waals surface area contributed by atoms with Crippen LogP contribution in [0.4, 0.5) is 0 Å². The monoisotopic (exact) mass is 394 g/mol. The van der Waals surface area contributed by atoms with Crippen molar-refractivity contribution in [2.75, 3.05) is 6.61 Å². The van der Waals surface area contributed by atoms with Crippen molar-refractivity contribution in [1.82, 2.24) is 5.43 Å². The lowest BCUT2D eigenvalue weighted by atomic mass is 10.1. The van der Waals surface area contributed by atoms with Gasteiger partial charge in [-0.25, -0.2) is 10.2 Å². The third kappa shape index (κ3) is 6.38. The Morgan fingerprint density at radius 1 is 1.15 bits per heavy atom. The van der Waals surface area contributed by atoms with Gasteiger partial charge < -0.3 is 9.84 Å². The van der Waals surface area contributed by atoms with E-state index in [1.165, 1.54) is 18.3 Å². The Balaban J connectivity index is 1.69. The molecule has 0 saturated heterocycles. The zero-order valence-corrected chi connectivity index (χ0v) is 15.1. The minimum Gasteiger partial charge on any atom is -0.492 e. The number of carboxylic acids is 1. The number of benzene rings is 2. The van der Waals surface area contributed by atoms with Crippen LogP contribution in [0.1, 0.15) is 28.8 Å². The number of carbonyl (C=O) groups excluding carboxylic acids is 1. The van der Waals surface area contributed by atoms with Crippen molar-refractivity contribution < 1.29 is 19.4 Å². The number of rotatable bonds is 8. The van der Waals surface area contributed by atoms with Crippen molar-refractivity contribution in [1.29, 1.82) is 0 Å². The zero-order chi connectivity index (χ0) is 18.9. The molecule has 2 aromatic carbocycles. The van der Waals surface area contributed by atoms with E-state index in [1.807, 2.05) is 0 Å². The molecule has 2 aromatic rings. The first-order valence-electron chi connectivity index (χ1n) is 7.69. The molecule has 0 bridgehead atoms. The van der Waals surface area contributed by atoms with Crippen LogP contribution in [-0.2, 0) is 4.79 Å². The van der Waals surface area contributed by atoms with E-state index in [0.29, 0.717) is 34.4 Å². The number of hydrazone groups is 1. The number of ether oxygens (including phenoxy) is 1. The van der Waals surface area contributed by atoms with E-state index in [2.05, 4.69) is 10.5 Å². The molecule has 1 amide bonds. The topological polar surface area (TPSA) is 88.0 Å². The van der Waals surface area contributed by atoms with Crippen LogP contribution in [0.25, 0.3) is 0 Å². The van der Waals surface area contributed by atoms with Crippen LogP contribution < -0.4 is 10.2 Å². The van der Waals surface area contributed by atoms with Crippen LogP contribution in [0.2, 0.25) is 10.0 Å². The summed E-state index contributed by atoms with van der Waals surface area (Å²) in [6.07, 6.45) is 2.17. The fourth-order valence-corrected chi connectivity index (χ4v) is 2.42. The molecular weight excluding hydrogens is 379 g/mol. The van der Waals surface area contributed by atoms with Crippen LogP contribution in [-0.4, -0.2) is 29.8 Å². The normalized spacial score (nSPS) is 10.7. The van der Waals surface area contributed by atoms with Crippen LogP contribution in [0.3, 0.4) is 0 Å². The summed E-state index contributed by atoms with van der Waals surface area (Å²) in [5, 5.41) is 13.6. The minimum atomic E-state index is -0.996. The van der Waals surface area contributed by atoms with E-state index in [9.17, 15) is 9.59 Å². The van der Waals surface area contributed by atoms with Crippen molar-refractivity contribution in [3.05, 3.63) is 63.6 Å². The molecule has 0 aliphatic heterocycles. The zero-order valence-electron chi connectivity index (χ0n) is 13.6. The standard InChI is InChI=1S/C18H16Cl2N2O4/c19-14-7-8-16(15(20)10-14)26-9-1-2-17(23)22-21-11-12-3-5-13(6-4-12)18(24)25/h3-8,10-11H,1-2,9H2,(H,22,23)(H,24,25)/b21-11-. The molecule has 0 spiro atoms. The number of halogens is 2. The van der Waals surface area contributed by atoms with Crippen LogP contribution >= 0.6 is 23.2 Å². The SMILES string of the molecule is O=C(CCCOc1ccc(Cl)cc1Cl)N/N=C\c1ccc(C(=O)O)cc1. The van der Waals surface area contributed by atoms with Crippen LogP contribution in [0.15, 0.2) is 47.6 Å². The molecule has 0 unspecified atom stereocenters. The summed E-state index contributed by atoms with van der Waals surface area (Å²) >= 11 is 11.8. The Hall–Kier alpha value is -2.57. The average molecular weight is 395 g/mol. The van der Waals surface area contributed by atoms with Gasteiger partial charge in [0.05, 0.1) is 23.4 Å². The third-order valence-electron chi connectivity index (χ3n) is 3.26. The van der Waals surface area contributed by atoms with Gasteiger partial charge in [-0.2, -0.15) is 5.10 Å². The molecule has 0 fully saturated rings. The molecule has 26 heavy (non-hydrogen) atoms. The fraction of sp³-hybridized carbons (Fsp3) is 0.167. The second kappa shape index (κ2) is 9.79. The summed E-state index contributed by atoms with van der Waals surface area (Å²) in [5.41, 5.74) is 3.27. The smallest absolute Gasteiger partial charge is 0.335 e. The molecule has 6 nitrogen and oxygen atoms in total. The second-order valence-electron chi connectivity index (χ2n) is 5.25. The number of amides is 1. The first-order chi connectivity index (χ1) is 12.5. The summed E-state index contributed by atoms with van der Waals surface area (Å²) < 4.78 is 5.49. The van der Waals surface area contributed by atoms with Gasteiger partial charge in [0.1, 0.15) is 5.75 Å². The molecule has 0 saturated carbocycles.